The van der Waals surface area contributed by atoms with Gasteiger partial charge in [-0.15, -0.1) is 0 Å². The molecule has 1 spiro atoms. The summed E-state index contributed by atoms with van der Waals surface area (Å²) >= 11 is 0. The normalized spacial score (nSPS) is 34.1. The van der Waals surface area contributed by atoms with Gasteiger partial charge in [0.15, 0.2) is 5.96 Å². The number of hydrogen-bond donors (Lipinski definition) is 2. The summed E-state index contributed by atoms with van der Waals surface area (Å²) in [5.41, 5.74) is 6.48. The van der Waals surface area contributed by atoms with Crippen molar-refractivity contribution in [3.8, 4) is 0 Å². The molecule has 15 heavy (non-hydrogen) atoms. The van der Waals surface area contributed by atoms with Crippen molar-refractivity contribution in [2.45, 2.75) is 63.5 Å². The number of nitrogens with zero attached hydrogens (tertiary/aromatic N) is 1. The van der Waals surface area contributed by atoms with E-state index in [-0.39, 0.29) is 0 Å². The summed E-state index contributed by atoms with van der Waals surface area (Å²) in [7, 11) is 0. The van der Waals surface area contributed by atoms with Gasteiger partial charge < -0.3 is 11.1 Å². The minimum atomic E-state index is 0.534. The Morgan fingerprint density at radius 3 is 2.40 bits per heavy atom. The first-order chi connectivity index (χ1) is 7.28. The molecule has 0 heterocycles. The Bertz CT molecular complexity index is 275. The fourth-order valence-electron chi connectivity index (χ4n) is 3.19. The highest BCUT2D eigenvalue weighted by Crippen LogP contribution is 2.54. The molecule has 0 aromatic carbocycles. The fraction of sp³-hybridized carbons (Fsp3) is 0.917. The predicted octanol–water partition coefficient (Wildman–Crippen LogP) is 1.78. The monoisotopic (exact) mass is 207 g/mol. The lowest BCUT2D eigenvalue weighted by Gasteiger charge is -2.45. The van der Waals surface area contributed by atoms with E-state index in [0.717, 1.165) is 0 Å². The standard InChI is InChI=1S/C12H21N3/c13-11(14-9-3-4-9)15-10-5-8-12(10)6-1-2-7-12/h9-10H,1-8H2,(H3,13,14,15). The molecule has 3 saturated carbocycles. The lowest BCUT2D eigenvalue weighted by molar-refractivity contribution is 0.104. The number of aliphatic imine (C=N–C) groups is 1. The number of rotatable bonds is 2. The molecule has 0 aromatic rings. The minimum absolute atomic E-state index is 0.534. The van der Waals surface area contributed by atoms with Crippen LogP contribution < -0.4 is 11.1 Å². The summed E-state index contributed by atoms with van der Waals surface area (Å²) in [4.78, 5) is 4.68. The first kappa shape index (κ1) is 9.49. The maximum atomic E-state index is 5.91. The Morgan fingerprint density at radius 1 is 1.13 bits per heavy atom. The molecule has 0 bridgehead atoms. The molecule has 84 valence electrons. The predicted molar refractivity (Wildman–Crippen MR) is 61.7 cm³/mol. The smallest absolute Gasteiger partial charge is 0.189 e. The van der Waals surface area contributed by atoms with E-state index >= 15 is 0 Å². The average Bonchev–Trinajstić information content (AvgIpc) is 2.86. The van der Waals surface area contributed by atoms with Crippen LogP contribution in [0.5, 0.6) is 0 Å². The lowest BCUT2D eigenvalue weighted by Crippen LogP contribution is -2.44. The molecule has 3 aliphatic rings. The summed E-state index contributed by atoms with van der Waals surface area (Å²) < 4.78 is 0. The van der Waals surface area contributed by atoms with Crippen LogP contribution in [0.1, 0.15) is 51.4 Å². The molecule has 0 amide bonds. The molecule has 3 fully saturated rings. The van der Waals surface area contributed by atoms with E-state index in [1.54, 1.807) is 0 Å². The Balaban J connectivity index is 1.61. The zero-order valence-electron chi connectivity index (χ0n) is 9.34. The number of nitrogens with one attached hydrogen (secondary N) is 1. The first-order valence-corrected chi connectivity index (χ1v) is 6.38. The van der Waals surface area contributed by atoms with Gasteiger partial charge in [-0.25, -0.2) is 4.99 Å². The van der Waals surface area contributed by atoms with E-state index in [1.165, 1.54) is 51.4 Å². The molecule has 3 N–H and O–H groups in total. The number of guanidine groups is 1. The summed E-state index contributed by atoms with van der Waals surface area (Å²) in [6.07, 6.45) is 10.8. The Kier molecular flexibility index (Phi) is 2.15. The van der Waals surface area contributed by atoms with Gasteiger partial charge in [-0.1, -0.05) is 12.8 Å². The largest absolute Gasteiger partial charge is 0.370 e. The molecule has 3 heteroatoms. The maximum absolute atomic E-state index is 5.91. The third-order valence-electron chi connectivity index (χ3n) is 4.45. The van der Waals surface area contributed by atoms with Crippen molar-refractivity contribution < 1.29 is 0 Å². The van der Waals surface area contributed by atoms with Crippen molar-refractivity contribution in [2.24, 2.45) is 16.1 Å². The molecule has 0 saturated heterocycles. The van der Waals surface area contributed by atoms with Crippen LogP contribution in [0.3, 0.4) is 0 Å². The molecule has 3 nitrogen and oxygen atoms in total. The topological polar surface area (TPSA) is 50.4 Å². The van der Waals surface area contributed by atoms with Crippen LogP contribution in [0, 0.1) is 5.41 Å². The summed E-state index contributed by atoms with van der Waals surface area (Å²) in [5, 5.41) is 3.29. The molecule has 3 aliphatic carbocycles. The third kappa shape index (κ3) is 1.72. The number of hydrogen-bond acceptors (Lipinski definition) is 1. The highest BCUT2D eigenvalue weighted by Gasteiger charge is 2.48. The van der Waals surface area contributed by atoms with Crippen LogP contribution in [-0.2, 0) is 0 Å². The van der Waals surface area contributed by atoms with Crippen LogP contribution in [0.4, 0.5) is 0 Å². The van der Waals surface area contributed by atoms with Crippen LogP contribution in [0.25, 0.3) is 0 Å². The summed E-state index contributed by atoms with van der Waals surface area (Å²) in [5.74, 6) is 0.702. The summed E-state index contributed by atoms with van der Waals surface area (Å²) in [6.45, 7) is 0. The van der Waals surface area contributed by atoms with Gasteiger partial charge >= 0.3 is 0 Å². The van der Waals surface area contributed by atoms with E-state index in [0.29, 0.717) is 23.5 Å². The van der Waals surface area contributed by atoms with Crippen molar-refractivity contribution in [2.75, 3.05) is 0 Å². The highest BCUT2D eigenvalue weighted by molar-refractivity contribution is 5.78. The van der Waals surface area contributed by atoms with E-state index < -0.39 is 0 Å². The quantitative estimate of drug-likeness (QED) is 0.535. The molecular formula is C12H21N3. The zero-order valence-corrected chi connectivity index (χ0v) is 9.34. The molecular weight excluding hydrogens is 186 g/mol. The van der Waals surface area contributed by atoms with E-state index in [9.17, 15) is 0 Å². The van der Waals surface area contributed by atoms with Gasteiger partial charge in [-0.3, -0.25) is 0 Å². The van der Waals surface area contributed by atoms with Crippen molar-refractivity contribution >= 4 is 5.96 Å². The maximum Gasteiger partial charge on any atom is 0.189 e. The zero-order chi connectivity index (χ0) is 10.3. The van der Waals surface area contributed by atoms with Crippen molar-refractivity contribution in [3.63, 3.8) is 0 Å². The van der Waals surface area contributed by atoms with Crippen molar-refractivity contribution in [1.29, 1.82) is 0 Å². The van der Waals surface area contributed by atoms with Crippen LogP contribution in [0.15, 0.2) is 4.99 Å². The van der Waals surface area contributed by atoms with Gasteiger partial charge in [0, 0.05) is 6.04 Å². The first-order valence-electron chi connectivity index (χ1n) is 6.38. The van der Waals surface area contributed by atoms with Crippen LogP contribution >= 0.6 is 0 Å². The Hall–Kier alpha value is -0.730. The van der Waals surface area contributed by atoms with Gasteiger partial charge in [-0.05, 0) is 43.9 Å². The van der Waals surface area contributed by atoms with Crippen molar-refractivity contribution in [1.82, 2.24) is 5.32 Å². The van der Waals surface area contributed by atoms with Gasteiger partial charge in [0.1, 0.15) is 0 Å². The molecule has 1 unspecified atom stereocenters. The minimum Gasteiger partial charge on any atom is -0.370 e. The van der Waals surface area contributed by atoms with Gasteiger partial charge in [0.05, 0.1) is 6.04 Å². The van der Waals surface area contributed by atoms with E-state index in [1.807, 2.05) is 0 Å². The van der Waals surface area contributed by atoms with Gasteiger partial charge in [0.2, 0.25) is 0 Å². The van der Waals surface area contributed by atoms with E-state index in [4.69, 9.17) is 5.73 Å². The van der Waals surface area contributed by atoms with Crippen molar-refractivity contribution in [3.05, 3.63) is 0 Å². The average molecular weight is 207 g/mol. The molecule has 0 aromatic heterocycles. The molecule has 1 atom stereocenters. The van der Waals surface area contributed by atoms with E-state index in [2.05, 4.69) is 10.3 Å². The molecule has 3 rings (SSSR count). The Morgan fingerprint density at radius 2 is 1.87 bits per heavy atom. The second kappa shape index (κ2) is 3.39. The third-order valence-corrected chi connectivity index (χ3v) is 4.45. The molecule has 0 radical (unpaired) electrons. The second-order valence-corrected chi connectivity index (χ2v) is 5.56. The lowest BCUT2D eigenvalue weighted by atomic mass is 9.63. The Labute approximate surface area is 91.5 Å². The van der Waals surface area contributed by atoms with Gasteiger partial charge in [-0.2, -0.15) is 0 Å². The second-order valence-electron chi connectivity index (χ2n) is 5.56. The molecule has 0 aliphatic heterocycles. The number of nitrogens with two attached hydrogens (primary N) is 1. The fourth-order valence-corrected chi connectivity index (χ4v) is 3.19. The summed E-state index contributed by atoms with van der Waals surface area (Å²) in [6, 6.07) is 1.17. The van der Waals surface area contributed by atoms with Gasteiger partial charge in [0.25, 0.3) is 0 Å². The van der Waals surface area contributed by atoms with Crippen LogP contribution in [-0.4, -0.2) is 18.0 Å². The van der Waals surface area contributed by atoms with Crippen LogP contribution in [0.2, 0.25) is 0 Å². The highest BCUT2D eigenvalue weighted by atomic mass is 15.1. The SMILES string of the molecule is NC(=NC1CCC12CCCC2)NC1CC1.